The highest BCUT2D eigenvalue weighted by Gasteiger charge is 2.50. The maximum absolute atomic E-state index is 13.7. The number of nitrogens with one attached hydrogen (secondary N) is 1. The Balaban J connectivity index is 1.52. The first-order chi connectivity index (χ1) is 17.6. The Morgan fingerprint density at radius 3 is 2.49 bits per heavy atom. The second kappa shape index (κ2) is 10.8. The van der Waals surface area contributed by atoms with Crippen molar-refractivity contribution in [2.75, 3.05) is 26.2 Å². The quantitative estimate of drug-likeness (QED) is 0.535. The van der Waals surface area contributed by atoms with Gasteiger partial charge in [0.05, 0.1) is 25.3 Å². The van der Waals surface area contributed by atoms with Gasteiger partial charge in [0.25, 0.3) is 0 Å². The Labute approximate surface area is 216 Å². The lowest BCUT2D eigenvalue weighted by atomic mass is 9.84. The highest BCUT2D eigenvalue weighted by molar-refractivity contribution is 6.01. The molecule has 0 aromatic heterocycles. The van der Waals surface area contributed by atoms with E-state index in [-0.39, 0.29) is 37.3 Å². The number of benzene rings is 2. The van der Waals surface area contributed by atoms with E-state index in [9.17, 15) is 18.8 Å². The number of carbonyl (C=O) groups excluding carboxylic acids is 3. The number of nitrogens with two attached hydrogens (primary N) is 1. The van der Waals surface area contributed by atoms with Crippen LogP contribution in [0.1, 0.15) is 25.0 Å². The summed E-state index contributed by atoms with van der Waals surface area (Å²) in [6, 6.07) is 14.6. The van der Waals surface area contributed by atoms with E-state index in [0.717, 1.165) is 11.1 Å². The zero-order chi connectivity index (χ0) is 26.6. The van der Waals surface area contributed by atoms with E-state index >= 15 is 0 Å². The third-order valence-electron chi connectivity index (χ3n) is 6.78. The van der Waals surface area contributed by atoms with E-state index in [1.54, 1.807) is 37.1 Å². The van der Waals surface area contributed by atoms with Crippen LogP contribution < -0.4 is 11.1 Å². The van der Waals surface area contributed by atoms with Gasteiger partial charge >= 0.3 is 0 Å². The van der Waals surface area contributed by atoms with Crippen molar-refractivity contribution in [2.45, 2.75) is 44.0 Å². The van der Waals surface area contributed by atoms with E-state index in [4.69, 9.17) is 10.5 Å². The van der Waals surface area contributed by atoms with Crippen LogP contribution in [-0.4, -0.2) is 70.8 Å². The van der Waals surface area contributed by atoms with Gasteiger partial charge in [-0.15, -0.1) is 0 Å². The molecule has 0 radical (unpaired) electrons. The van der Waals surface area contributed by atoms with Gasteiger partial charge < -0.3 is 25.6 Å². The van der Waals surface area contributed by atoms with Crippen molar-refractivity contribution in [3.63, 3.8) is 0 Å². The molecule has 0 saturated carbocycles. The lowest BCUT2D eigenvalue weighted by Gasteiger charge is -2.47. The van der Waals surface area contributed by atoms with Gasteiger partial charge in [-0.3, -0.25) is 14.4 Å². The normalized spacial score (nSPS) is 20.1. The second-order valence-corrected chi connectivity index (χ2v) is 10.2. The number of piperazine rings is 1. The van der Waals surface area contributed by atoms with Crippen LogP contribution in [0.5, 0.6) is 0 Å². The number of hydrogen-bond acceptors (Lipinski definition) is 6. The lowest BCUT2D eigenvalue weighted by molar-refractivity contribution is -0.145. The fourth-order valence-corrected chi connectivity index (χ4v) is 4.66. The molecular weight excluding hydrogens is 475 g/mol. The summed E-state index contributed by atoms with van der Waals surface area (Å²) in [6.07, 6.45) is 3.60. The molecule has 2 aliphatic heterocycles. The molecule has 0 aliphatic carbocycles. The van der Waals surface area contributed by atoms with E-state index in [1.165, 1.54) is 18.2 Å². The van der Waals surface area contributed by atoms with E-state index < -0.39 is 23.0 Å². The van der Waals surface area contributed by atoms with Crippen LogP contribution in [0, 0.1) is 5.82 Å². The summed E-state index contributed by atoms with van der Waals surface area (Å²) in [7, 11) is 0. The molecule has 2 aromatic rings. The molecule has 2 unspecified atom stereocenters. The Morgan fingerprint density at radius 2 is 1.81 bits per heavy atom. The molecule has 37 heavy (non-hydrogen) atoms. The minimum absolute atomic E-state index is 0.0487. The average molecular weight is 509 g/mol. The number of ketones is 1. The van der Waals surface area contributed by atoms with Crippen molar-refractivity contribution in [2.24, 2.45) is 5.73 Å². The Kier molecular flexibility index (Phi) is 7.75. The van der Waals surface area contributed by atoms with Gasteiger partial charge in [-0.25, -0.2) is 4.39 Å². The minimum Gasteiger partial charge on any atom is -0.374 e. The van der Waals surface area contributed by atoms with Gasteiger partial charge in [0, 0.05) is 25.7 Å². The number of hydrogen-bond donors (Lipinski definition) is 2. The molecule has 2 heterocycles. The van der Waals surface area contributed by atoms with Crippen LogP contribution in [0.2, 0.25) is 0 Å². The molecule has 1 fully saturated rings. The Hall–Kier alpha value is -3.56. The first-order valence-corrected chi connectivity index (χ1v) is 12.3. The summed E-state index contributed by atoms with van der Waals surface area (Å²) >= 11 is 0. The first-order valence-electron chi connectivity index (χ1n) is 12.3. The summed E-state index contributed by atoms with van der Waals surface area (Å²) < 4.78 is 19.3. The molecule has 4 rings (SSSR count). The van der Waals surface area contributed by atoms with Crippen molar-refractivity contribution in [1.82, 2.24) is 15.1 Å². The van der Waals surface area contributed by atoms with Crippen molar-refractivity contribution in [1.29, 1.82) is 0 Å². The topological polar surface area (TPSA) is 105 Å². The van der Waals surface area contributed by atoms with Gasteiger partial charge in [-0.1, -0.05) is 42.5 Å². The minimum atomic E-state index is -1.19. The molecular formula is C28H33FN4O4. The maximum Gasteiger partial charge on any atom is 0.247 e. The summed E-state index contributed by atoms with van der Waals surface area (Å²) in [5, 5.41) is 2.74. The molecule has 1 saturated heterocycles. The number of ether oxygens (including phenoxy) is 1. The Morgan fingerprint density at radius 1 is 1.11 bits per heavy atom. The fraction of sp³-hybridized carbons (Fsp3) is 0.393. The van der Waals surface area contributed by atoms with Crippen LogP contribution in [0.3, 0.4) is 0 Å². The summed E-state index contributed by atoms with van der Waals surface area (Å²) in [6.45, 7) is 4.31. The van der Waals surface area contributed by atoms with Crippen LogP contribution >= 0.6 is 0 Å². The molecule has 0 bridgehead atoms. The van der Waals surface area contributed by atoms with E-state index in [2.05, 4.69) is 5.32 Å². The van der Waals surface area contributed by atoms with E-state index in [0.29, 0.717) is 19.5 Å². The molecule has 2 aromatic carbocycles. The third-order valence-corrected chi connectivity index (χ3v) is 6.78. The van der Waals surface area contributed by atoms with Crippen LogP contribution in [-0.2, 0) is 32.1 Å². The van der Waals surface area contributed by atoms with Crippen LogP contribution in [0.15, 0.2) is 66.9 Å². The molecule has 196 valence electrons. The number of rotatable bonds is 9. The molecule has 2 amide bonds. The van der Waals surface area contributed by atoms with E-state index in [1.807, 2.05) is 35.2 Å². The SMILES string of the molecule is CC(C)(N)C(=O)NC(COCc1ccccc1)C(=O)N1CCN2C=CC(=O)C2(Cc2ccc(F)cc2)C1. The average Bonchev–Trinajstić information content (AvgIpc) is 3.19. The zero-order valence-electron chi connectivity index (χ0n) is 21.2. The smallest absolute Gasteiger partial charge is 0.247 e. The monoisotopic (exact) mass is 508 g/mol. The van der Waals surface area contributed by atoms with Crippen molar-refractivity contribution in [3.8, 4) is 0 Å². The number of halogens is 1. The number of fused-ring (bicyclic) bond motifs is 1. The molecule has 2 aliphatic rings. The van der Waals surface area contributed by atoms with Crippen molar-refractivity contribution < 1.29 is 23.5 Å². The van der Waals surface area contributed by atoms with Crippen molar-refractivity contribution >= 4 is 17.6 Å². The van der Waals surface area contributed by atoms with Crippen molar-refractivity contribution in [3.05, 3.63) is 83.8 Å². The predicted octanol–water partition coefficient (Wildman–Crippen LogP) is 1.79. The standard InChI is InChI=1S/C28H33FN4O4/c1-27(2,30)26(36)31-23(18-37-17-21-6-4-3-5-7-21)25(35)32-14-15-33-13-12-24(34)28(33,19-32)16-20-8-10-22(29)11-9-20/h3-13,23H,14-19,30H2,1-2H3,(H,31,36). The molecule has 0 spiro atoms. The maximum atomic E-state index is 13.7. The highest BCUT2D eigenvalue weighted by Crippen LogP contribution is 2.32. The van der Waals surface area contributed by atoms with Gasteiger partial charge in [-0.2, -0.15) is 0 Å². The van der Waals surface area contributed by atoms with Gasteiger partial charge in [-0.05, 0) is 43.2 Å². The highest BCUT2D eigenvalue weighted by atomic mass is 19.1. The summed E-state index contributed by atoms with van der Waals surface area (Å²) in [5.74, 6) is -1.29. The van der Waals surface area contributed by atoms with Crippen LogP contribution in [0.4, 0.5) is 4.39 Å². The Bertz CT molecular complexity index is 1160. The number of amides is 2. The summed E-state index contributed by atoms with van der Waals surface area (Å²) in [4.78, 5) is 43.1. The van der Waals surface area contributed by atoms with Gasteiger partial charge in [0.2, 0.25) is 11.8 Å². The van der Waals surface area contributed by atoms with Gasteiger partial charge in [0.15, 0.2) is 5.78 Å². The second-order valence-electron chi connectivity index (χ2n) is 10.2. The molecule has 3 N–H and O–H groups in total. The first kappa shape index (κ1) is 26.5. The van der Waals surface area contributed by atoms with Gasteiger partial charge in [0.1, 0.15) is 17.4 Å². The summed E-state index contributed by atoms with van der Waals surface area (Å²) in [5.41, 5.74) is 5.52. The predicted molar refractivity (Wildman–Crippen MR) is 137 cm³/mol. The zero-order valence-corrected chi connectivity index (χ0v) is 21.2. The van der Waals surface area contributed by atoms with Crippen LogP contribution in [0.25, 0.3) is 0 Å². The molecule has 2 atom stereocenters. The largest absolute Gasteiger partial charge is 0.374 e. The number of carbonyl (C=O) groups is 3. The molecule has 9 heteroatoms. The lowest BCUT2D eigenvalue weighted by Crippen LogP contribution is -2.66. The third kappa shape index (κ3) is 6.06. The fourth-order valence-electron chi connectivity index (χ4n) is 4.66. The number of nitrogens with zero attached hydrogens (tertiary/aromatic N) is 2. The molecule has 8 nitrogen and oxygen atoms in total.